The summed E-state index contributed by atoms with van der Waals surface area (Å²) in [6, 6.07) is 0. The number of ketones is 2. The van der Waals surface area contributed by atoms with E-state index in [-0.39, 0.29) is 48.1 Å². The molecule has 0 atom stereocenters. The third-order valence-corrected chi connectivity index (χ3v) is 4.54. The molecule has 0 aliphatic rings. The standard InChI is InChI=1S/C14H22O4S4/c1-9(2)17-13(19)21-7-11(15)5-6-12(16)8-22-14(20)18-10(3)4/h9-10H,5-8H2,1-4H3. The van der Waals surface area contributed by atoms with Crippen LogP contribution in [0.3, 0.4) is 0 Å². The Morgan fingerprint density at radius 1 is 0.818 bits per heavy atom. The number of carbonyl (C=O) groups excluding carboxylic acids is 2. The summed E-state index contributed by atoms with van der Waals surface area (Å²) in [4.78, 5) is 23.4. The van der Waals surface area contributed by atoms with Crippen molar-refractivity contribution < 1.29 is 19.1 Å². The van der Waals surface area contributed by atoms with Crippen molar-refractivity contribution in [2.45, 2.75) is 52.7 Å². The molecule has 0 amide bonds. The Morgan fingerprint density at radius 3 is 1.41 bits per heavy atom. The van der Waals surface area contributed by atoms with Gasteiger partial charge in [-0.2, -0.15) is 0 Å². The highest BCUT2D eigenvalue weighted by Gasteiger charge is 2.11. The van der Waals surface area contributed by atoms with Gasteiger partial charge in [0.1, 0.15) is 11.6 Å². The van der Waals surface area contributed by atoms with Crippen LogP contribution in [0.25, 0.3) is 0 Å². The van der Waals surface area contributed by atoms with Crippen molar-refractivity contribution in [2.75, 3.05) is 11.5 Å². The average molecular weight is 383 g/mol. The number of rotatable bonds is 9. The normalized spacial score (nSPS) is 10.6. The fourth-order valence-electron chi connectivity index (χ4n) is 1.15. The van der Waals surface area contributed by atoms with Gasteiger partial charge in [0, 0.05) is 12.8 Å². The molecule has 0 aromatic rings. The zero-order valence-corrected chi connectivity index (χ0v) is 16.5. The zero-order valence-electron chi connectivity index (χ0n) is 13.2. The van der Waals surface area contributed by atoms with E-state index in [2.05, 4.69) is 0 Å². The molecular formula is C14H22O4S4. The maximum atomic E-state index is 11.7. The molecular weight excluding hydrogens is 360 g/mol. The first kappa shape index (κ1) is 21.8. The third kappa shape index (κ3) is 13.5. The number of Topliss-reactive ketones (excluding diaryl/α,β-unsaturated/α-hetero) is 2. The summed E-state index contributed by atoms with van der Waals surface area (Å²) in [5.74, 6) is 0.444. The largest absolute Gasteiger partial charge is 0.476 e. The lowest BCUT2D eigenvalue weighted by molar-refractivity contribution is -0.121. The van der Waals surface area contributed by atoms with Crippen LogP contribution in [0.1, 0.15) is 40.5 Å². The monoisotopic (exact) mass is 382 g/mol. The summed E-state index contributed by atoms with van der Waals surface area (Å²) in [6.45, 7) is 7.49. The summed E-state index contributed by atoms with van der Waals surface area (Å²) >= 11 is 12.3. The lowest BCUT2D eigenvalue weighted by Crippen LogP contribution is -2.13. The summed E-state index contributed by atoms with van der Waals surface area (Å²) in [5, 5.41) is 0. The first-order valence-electron chi connectivity index (χ1n) is 6.91. The molecule has 0 aromatic carbocycles. The smallest absolute Gasteiger partial charge is 0.220 e. The lowest BCUT2D eigenvalue weighted by atomic mass is 10.2. The van der Waals surface area contributed by atoms with Crippen molar-refractivity contribution in [2.24, 2.45) is 0 Å². The van der Waals surface area contributed by atoms with Gasteiger partial charge in [-0.15, -0.1) is 0 Å². The van der Waals surface area contributed by atoms with Gasteiger partial charge < -0.3 is 9.47 Å². The van der Waals surface area contributed by atoms with Crippen LogP contribution in [-0.2, 0) is 19.1 Å². The van der Waals surface area contributed by atoms with Gasteiger partial charge in [0.15, 0.2) is 0 Å². The van der Waals surface area contributed by atoms with E-state index in [1.54, 1.807) is 0 Å². The molecule has 0 unspecified atom stereocenters. The van der Waals surface area contributed by atoms with Crippen molar-refractivity contribution in [3.05, 3.63) is 0 Å². The van der Waals surface area contributed by atoms with Crippen LogP contribution in [0.4, 0.5) is 0 Å². The van der Waals surface area contributed by atoms with Gasteiger partial charge in [-0.05, 0) is 52.1 Å². The predicted octanol–water partition coefficient (Wildman–Crippen LogP) is 3.79. The number of hydrogen-bond donors (Lipinski definition) is 0. The number of thioether (sulfide) groups is 2. The van der Waals surface area contributed by atoms with Crippen LogP contribution in [0.15, 0.2) is 0 Å². The number of ether oxygens (including phenoxy) is 2. The Bertz CT molecular complexity index is 370. The molecule has 0 aliphatic carbocycles. The van der Waals surface area contributed by atoms with Gasteiger partial charge in [0.05, 0.1) is 23.7 Å². The van der Waals surface area contributed by atoms with E-state index in [0.29, 0.717) is 8.77 Å². The summed E-state index contributed by atoms with van der Waals surface area (Å²) in [6.07, 6.45) is 0.444. The van der Waals surface area contributed by atoms with Crippen molar-refractivity contribution in [1.82, 2.24) is 0 Å². The van der Waals surface area contributed by atoms with Gasteiger partial charge in [0.25, 0.3) is 0 Å². The highest BCUT2D eigenvalue weighted by Crippen LogP contribution is 2.12. The number of hydrogen-bond acceptors (Lipinski definition) is 8. The van der Waals surface area contributed by atoms with E-state index in [1.807, 2.05) is 27.7 Å². The molecule has 0 saturated heterocycles. The molecule has 22 heavy (non-hydrogen) atoms. The topological polar surface area (TPSA) is 52.6 Å². The highest BCUT2D eigenvalue weighted by molar-refractivity contribution is 8.23. The Kier molecular flexibility index (Phi) is 12.2. The second-order valence-corrected chi connectivity index (χ2v) is 8.14. The number of carbonyl (C=O) groups is 2. The number of thiocarbonyl (C=S) groups is 2. The molecule has 0 spiro atoms. The van der Waals surface area contributed by atoms with Crippen molar-refractivity contribution in [3.8, 4) is 0 Å². The minimum atomic E-state index is -0.0148. The van der Waals surface area contributed by atoms with E-state index in [1.165, 1.54) is 23.5 Å². The lowest BCUT2D eigenvalue weighted by Gasteiger charge is -2.10. The van der Waals surface area contributed by atoms with E-state index in [9.17, 15) is 9.59 Å². The Labute approximate surface area is 151 Å². The van der Waals surface area contributed by atoms with Crippen LogP contribution in [0.2, 0.25) is 0 Å². The predicted molar refractivity (Wildman–Crippen MR) is 102 cm³/mol. The van der Waals surface area contributed by atoms with E-state index in [0.717, 1.165) is 0 Å². The highest BCUT2D eigenvalue weighted by atomic mass is 32.2. The first-order chi connectivity index (χ1) is 10.2. The van der Waals surface area contributed by atoms with Gasteiger partial charge in [0.2, 0.25) is 8.77 Å². The van der Waals surface area contributed by atoms with Gasteiger partial charge >= 0.3 is 0 Å². The first-order valence-corrected chi connectivity index (χ1v) is 9.69. The second kappa shape index (κ2) is 12.3. The summed E-state index contributed by atoms with van der Waals surface area (Å²) in [7, 11) is 0. The van der Waals surface area contributed by atoms with Crippen LogP contribution in [0.5, 0.6) is 0 Å². The van der Waals surface area contributed by atoms with Crippen LogP contribution in [-0.4, -0.2) is 44.0 Å². The Hall–Kier alpha value is -0.180. The molecule has 0 radical (unpaired) electrons. The molecule has 0 saturated carbocycles. The van der Waals surface area contributed by atoms with Crippen LogP contribution < -0.4 is 0 Å². The molecule has 126 valence electrons. The molecule has 0 aromatic heterocycles. The molecule has 8 heteroatoms. The van der Waals surface area contributed by atoms with Crippen LogP contribution in [0, 0.1) is 0 Å². The van der Waals surface area contributed by atoms with Crippen molar-refractivity contribution in [3.63, 3.8) is 0 Å². The molecule has 0 rings (SSSR count). The van der Waals surface area contributed by atoms with Crippen molar-refractivity contribution >= 4 is 68.3 Å². The minimum absolute atomic E-state index is 0.00519. The Balaban J connectivity index is 3.79. The maximum absolute atomic E-state index is 11.7. The summed E-state index contributed by atoms with van der Waals surface area (Å²) < 4.78 is 11.3. The Morgan fingerprint density at radius 2 is 1.14 bits per heavy atom. The fourth-order valence-corrected chi connectivity index (χ4v) is 3.26. The molecule has 4 nitrogen and oxygen atoms in total. The zero-order chi connectivity index (χ0) is 17.1. The average Bonchev–Trinajstić information content (AvgIpc) is 2.39. The second-order valence-electron chi connectivity index (χ2n) is 4.99. The SMILES string of the molecule is CC(C)OC(=S)SCC(=O)CCC(=O)CSC(=S)OC(C)C. The van der Waals surface area contributed by atoms with Crippen molar-refractivity contribution in [1.29, 1.82) is 0 Å². The minimum Gasteiger partial charge on any atom is -0.476 e. The van der Waals surface area contributed by atoms with Gasteiger partial charge in [-0.1, -0.05) is 23.5 Å². The third-order valence-electron chi connectivity index (χ3n) is 2.05. The van der Waals surface area contributed by atoms with E-state index < -0.39 is 0 Å². The summed E-state index contributed by atoms with van der Waals surface area (Å²) in [5.41, 5.74) is 0. The molecule has 0 fully saturated rings. The molecule has 0 heterocycles. The molecule has 0 N–H and O–H groups in total. The van der Waals surface area contributed by atoms with E-state index in [4.69, 9.17) is 33.9 Å². The van der Waals surface area contributed by atoms with Crippen LogP contribution >= 0.6 is 48.0 Å². The maximum Gasteiger partial charge on any atom is 0.220 e. The fraction of sp³-hybridized carbons (Fsp3) is 0.714. The van der Waals surface area contributed by atoms with E-state index >= 15 is 0 Å². The van der Waals surface area contributed by atoms with Gasteiger partial charge in [-0.25, -0.2) is 0 Å². The molecule has 0 bridgehead atoms. The molecule has 0 aliphatic heterocycles. The van der Waals surface area contributed by atoms with Gasteiger partial charge in [-0.3, -0.25) is 9.59 Å². The quantitative estimate of drug-likeness (QED) is 0.558.